The summed E-state index contributed by atoms with van der Waals surface area (Å²) in [5, 5.41) is 13.1. The van der Waals surface area contributed by atoms with Gasteiger partial charge in [0.25, 0.3) is 0 Å². The largest absolute Gasteiger partial charge is 0.481 e. The molecule has 100 valence electrons. The minimum atomic E-state index is -0.760. The molecule has 1 atom stereocenters. The Labute approximate surface area is 117 Å². The van der Waals surface area contributed by atoms with E-state index in [4.69, 9.17) is 28.3 Å². The molecule has 0 amide bonds. The van der Waals surface area contributed by atoms with Crippen molar-refractivity contribution in [3.63, 3.8) is 0 Å². The summed E-state index contributed by atoms with van der Waals surface area (Å²) < 4.78 is 0. The minimum Gasteiger partial charge on any atom is -0.481 e. The molecule has 0 aliphatic carbocycles. The lowest BCUT2D eigenvalue weighted by Crippen LogP contribution is -2.28. The summed E-state index contributed by atoms with van der Waals surface area (Å²) in [4.78, 5) is 10.4. The van der Waals surface area contributed by atoms with E-state index in [1.54, 1.807) is 6.07 Å². The maximum Gasteiger partial charge on any atom is 0.303 e. The van der Waals surface area contributed by atoms with E-state index in [1.807, 2.05) is 19.1 Å². The maximum atomic E-state index is 10.4. The number of benzene rings is 1. The SMILES string of the molecule is CC(CCC(=O)O)NCCc1ccc(Cl)cc1Cl. The molecule has 18 heavy (non-hydrogen) atoms. The van der Waals surface area contributed by atoms with Crippen LogP contribution in [-0.4, -0.2) is 23.7 Å². The summed E-state index contributed by atoms with van der Waals surface area (Å²) in [5.74, 6) is -0.760. The van der Waals surface area contributed by atoms with Crippen molar-refractivity contribution >= 4 is 29.2 Å². The van der Waals surface area contributed by atoms with Crippen molar-refractivity contribution in [3.05, 3.63) is 33.8 Å². The smallest absolute Gasteiger partial charge is 0.303 e. The highest BCUT2D eigenvalue weighted by molar-refractivity contribution is 6.35. The average molecular weight is 290 g/mol. The number of carbonyl (C=O) groups is 1. The molecule has 0 fully saturated rings. The summed E-state index contributed by atoms with van der Waals surface area (Å²) in [6.07, 6.45) is 1.62. The zero-order chi connectivity index (χ0) is 13.5. The maximum absolute atomic E-state index is 10.4. The second kappa shape index (κ2) is 7.62. The number of carboxylic acids is 1. The molecular formula is C13H17Cl2NO2. The van der Waals surface area contributed by atoms with E-state index < -0.39 is 5.97 Å². The van der Waals surface area contributed by atoms with Gasteiger partial charge in [0, 0.05) is 22.5 Å². The number of halogens is 2. The van der Waals surface area contributed by atoms with Crippen molar-refractivity contribution in [2.24, 2.45) is 0 Å². The van der Waals surface area contributed by atoms with Crippen LogP contribution in [0.15, 0.2) is 18.2 Å². The summed E-state index contributed by atoms with van der Waals surface area (Å²) in [6, 6.07) is 5.64. The molecule has 0 heterocycles. The molecular weight excluding hydrogens is 273 g/mol. The van der Waals surface area contributed by atoms with Gasteiger partial charge < -0.3 is 10.4 Å². The Kier molecular flexibility index (Phi) is 6.47. The summed E-state index contributed by atoms with van der Waals surface area (Å²) in [5.41, 5.74) is 1.04. The van der Waals surface area contributed by atoms with E-state index in [0.717, 1.165) is 18.5 Å². The van der Waals surface area contributed by atoms with E-state index in [2.05, 4.69) is 5.32 Å². The zero-order valence-corrected chi connectivity index (χ0v) is 11.8. The molecule has 1 unspecified atom stereocenters. The first-order valence-corrected chi connectivity index (χ1v) is 6.63. The van der Waals surface area contributed by atoms with Crippen LogP contribution in [0.3, 0.4) is 0 Å². The first kappa shape index (κ1) is 15.3. The van der Waals surface area contributed by atoms with Gasteiger partial charge in [-0.15, -0.1) is 0 Å². The van der Waals surface area contributed by atoms with E-state index in [0.29, 0.717) is 16.5 Å². The molecule has 3 nitrogen and oxygen atoms in total. The molecule has 0 radical (unpaired) electrons. The quantitative estimate of drug-likeness (QED) is 0.809. The molecule has 0 bridgehead atoms. The fourth-order valence-corrected chi connectivity index (χ4v) is 2.12. The number of carboxylic acid groups (broad SMARTS) is 1. The number of hydrogen-bond acceptors (Lipinski definition) is 2. The Bertz CT molecular complexity index is 410. The molecule has 1 aromatic rings. The van der Waals surface area contributed by atoms with E-state index in [1.165, 1.54) is 0 Å². The van der Waals surface area contributed by atoms with Gasteiger partial charge in [-0.05, 0) is 44.0 Å². The van der Waals surface area contributed by atoms with Crippen LogP contribution in [-0.2, 0) is 11.2 Å². The van der Waals surface area contributed by atoms with Crippen LogP contribution < -0.4 is 5.32 Å². The van der Waals surface area contributed by atoms with Crippen molar-refractivity contribution in [2.75, 3.05) is 6.54 Å². The van der Waals surface area contributed by atoms with Gasteiger partial charge in [0.15, 0.2) is 0 Å². The number of nitrogens with one attached hydrogen (secondary N) is 1. The lowest BCUT2D eigenvalue weighted by Gasteiger charge is -2.13. The molecule has 1 aromatic carbocycles. The van der Waals surface area contributed by atoms with Crippen LogP contribution in [0.1, 0.15) is 25.3 Å². The Morgan fingerprint density at radius 2 is 2.17 bits per heavy atom. The van der Waals surface area contributed by atoms with Crippen molar-refractivity contribution in [1.82, 2.24) is 5.32 Å². The topological polar surface area (TPSA) is 49.3 Å². The van der Waals surface area contributed by atoms with Crippen molar-refractivity contribution in [3.8, 4) is 0 Å². The van der Waals surface area contributed by atoms with Gasteiger partial charge in [-0.2, -0.15) is 0 Å². The first-order valence-electron chi connectivity index (χ1n) is 5.88. The predicted octanol–water partition coefficient (Wildman–Crippen LogP) is 3.38. The highest BCUT2D eigenvalue weighted by Crippen LogP contribution is 2.21. The predicted molar refractivity (Wildman–Crippen MR) is 74.5 cm³/mol. The summed E-state index contributed by atoms with van der Waals surface area (Å²) in [6.45, 7) is 2.74. The minimum absolute atomic E-state index is 0.187. The van der Waals surface area contributed by atoms with Crippen LogP contribution in [0, 0.1) is 0 Å². The van der Waals surface area contributed by atoms with Crippen LogP contribution in [0.25, 0.3) is 0 Å². The van der Waals surface area contributed by atoms with Gasteiger partial charge in [-0.25, -0.2) is 0 Å². The molecule has 5 heteroatoms. The van der Waals surface area contributed by atoms with Gasteiger partial charge in [0.2, 0.25) is 0 Å². The second-order valence-corrected chi connectivity index (χ2v) is 5.12. The van der Waals surface area contributed by atoms with Crippen LogP contribution in [0.2, 0.25) is 10.0 Å². The third-order valence-electron chi connectivity index (χ3n) is 2.69. The number of aliphatic carboxylic acids is 1. The molecule has 0 saturated heterocycles. The Balaban J connectivity index is 2.30. The normalized spacial score (nSPS) is 12.4. The van der Waals surface area contributed by atoms with Crippen LogP contribution in [0.5, 0.6) is 0 Å². The van der Waals surface area contributed by atoms with Crippen molar-refractivity contribution < 1.29 is 9.90 Å². The highest BCUT2D eigenvalue weighted by atomic mass is 35.5. The second-order valence-electron chi connectivity index (χ2n) is 4.27. The molecule has 0 aromatic heterocycles. The summed E-state index contributed by atoms with van der Waals surface area (Å²) in [7, 11) is 0. The van der Waals surface area contributed by atoms with Gasteiger partial charge in [-0.1, -0.05) is 29.3 Å². The Morgan fingerprint density at radius 1 is 1.44 bits per heavy atom. The van der Waals surface area contributed by atoms with Gasteiger partial charge in [0.1, 0.15) is 0 Å². The average Bonchev–Trinajstić information content (AvgIpc) is 2.29. The molecule has 0 saturated carbocycles. The highest BCUT2D eigenvalue weighted by Gasteiger charge is 2.06. The lowest BCUT2D eigenvalue weighted by atomic mass is 10.1. The fourth-order valence-electron chi connectivity index (χ4n) is 1.62. The third-order valence-corrected chi connectivity index (χ3v) is 3.28. The van der Waals surface area contributed by atoms with Crippen LogP contribution in [0.4, 0.5) is 0 Å². The van der Waals surface area contributed by atoms with E-state index in [-0.39, 0.29) is 12.5 Å². The molecule has 0 spiro atoms. The monoisotopic (exact) mass is 289 g/mol. The number of rotatable bonds is 7. The van der Waals surface area contributed by atoms with Crippen molar-refractivity contribution in [1.29, 1.82) is 0 Å². The van der Waals surface area contributed by atoms with Gasteiger partial charge in [-0.3, -0.25) is 4.79 Å². The van der Waals surface area contributed by atoms with Gasteiger partial charge >= 0.3 is 5.97 Å². The molecule has 2 N–H and O–H groups in total. The lowest BCUT2D eigenvalue weighted by molar-refractivity contribution is -0.137. The fraction of sp³-hybridized carbons (Fsp3) is 0.462. The van der Waals surface area contributed by atoms with Gasteiger partial charge in [0.05, 0.1) is 0 Å². The zero-order valence-electron chi connectivity index (χ0n) is 10.2. The van der Waals surface area contributed by atoms with E-state index >= 15 is 0 Å². The Hall–Kier alpha value is -0.770. The molecule has 0 aliphatic heterocycles. The van der Waals surface area contributed by atoms with E-state index in [9.17, 15) is 4.79 Å². The molecule has 0 aliphatic rings. The first-order chi connectivity index (χ1) is 8.49. The third kappa shape index (κ3) is 5.71. The number of hydrogen-bond donors (Lipinski definition) is 2. The van der Waals surface area contributed by atoms with Crippen molar-refractivity contribution in [2.45, 2.75) is 32.2 Å². The summed E-state index contributed by atoms with van der Waals surface area (Å²) >= 11 is 11.9. The standard InChI is InChI=1S/C13H17Cl2NO2/c1-9(2-5-13(17)18)16-7-6-10-3-4-11(14)8-12(10)15/h3-4,8-9,16H,2,5-7H2,1H3,(H,17,18). The van der Waals surface area contributed by atoms with Crippen LogP contribution >= 0.6 is 23.2 Å². The molecule has 1 rings (SSSR count). The Morgan fingerprint density at radius 3 is 2.78 bits per heavy atom.